The Labute approximate surface area is 108 Å². The summed E-state index contributed by atoms with van der Waals surface area (Å²) >= 11 is 2.39. The molecule has 0 atom stereocenters. The van der Waals surface area contributed by atoms with Gasteiger partial charge >= 0.3 is 0 Å². The van der Waals surface area contributed by atoms with Crippen molar-refractivity contribution >= 4 is 39.9 Å². The lowest BCUT2D eigenvalue weighted by Crippen LogP contribution is -1.91. The molecule has 3 heteroatoms. The van der Waals surface area contributed by atoms with E-state index in [0.717, 1.165) is 12.2 Å². The summed E-state index contributed by atoms with van der Waals surface area (Å²) in [6.45, 7) is 0.911. The van der Waals surface area contributed by atoms with Crippen LogP contribution in [-0.4, -0.2) is 11.5 Å². The second kappa shape index (κ2) is 3.97. The van der Waals surface area contributed by atoms with E-state index in [0.29, 0.717) is 0 Å². The van der Waals surface area contributed by atoms with Gasteiger partial charge in [0, 0.05) is 33.3 Å². The molecule has 1 aromatic heterocycles. The van der Waals surface area contributed by atoms with Crippen LogP contribution < -0.4 is 5.32 Å². The number of benzene rings is 1. The Bertz CT molecular complexity index is 541. The van der Waals surface area contributed by atoms with E-state index in [-0.39, 0.29) is 0 Å². The molecule has 0 radical (unpaired) electrons. The van der Waals surface area contributed by atoms with Crippen molar-refractivity contribution in [1.29, 1.82) is 0 Å². The molecule has 1 aliphatic heterocycles. The van der Waals surface area contributed by atoms with Gasteiger partial charge in [-0.15, -0.1) is 0 Å². The smallest absolute Gasteiger partial charge is 0.0430 e. The Balaban J connectivity index is 2.09. The van der Waals surface area contributed by atoms with Gasteiger partial charge in [-0.05, 0) is 58.5 Å². The summed E-state index contributed by atoms with van der Waals surface area (Å²) in [5.41, 5.74) is 5.09. The van der Waals surface area contributed by atoms with Gasteiger partial charge < -0.3 is 10.3 Å². The summed E-state index contributed by atoms with van der Waals surface area (Å²) in [5, 5.41) is 3.42. The summed E-state index contributed by atoms with van der Waals surface area (Å²) in [4.78, 5) is 3.21. The molecule has 0 saturated heterocycles. The molecule has 3 rings (SSSR count). The molecule has 2 aromatic rings. The maximum atomic E-state index is 3.42. The Hall–Kier alpha value is -1.23. The summed E-state index contributed by atoms with van der Waals surface area (Å²) in [7, 11) is 0. The second-order valence-corrected chi connectivity index (χ2v) is 4.97. The minimum Gasteiger partial charge on any atom is -0.380 e. The number of aromatic amines is 1. The van der Waals surface area contributed by atoms with Crippen molar-refractivity contribution in [3.8, 4) is 0 Å². The van der Waals surface area contributed by atoms with E-state index in [2.05, 4.69) is 63.2 Å². The molecule has 0 bridgehead atoms. The summed E-state index contributed by atoms with van der Waals surface area (Å²) in [5.74, 6) is 0. The number of rotatable bonds is 1. The maximum Gasteiger partial charge on any atom is 0.0430 e. The highest BCUT2D eigenvalue weighted by Crippen LogP contribution is 2.35. The highest BCUT2D eigenvalue weighted by Gasteiger charge is 2.17. The van der Waals surface area contributed by atoms with Gasteiger partial charge in [0.05, 0.1) is 0 Å². The molecule has 16 heavy (non-hydrogen) atoms. The van der Waals surface area contributed by atoms with Crippen molar-refractivity contribution in [3.63, 3.8) is 0 Å². The number of halogens is 1. The quantitative estimate of drug-likeness (QED) is 0.772. The topological polar surface area (TPSA) is 27.8 Å². The van der Waals surface area contributed by atoms with E-state index >= 15 is 0 Å². The molecule has 80 valence electrons. The molecule has 0 fully saturated rings. The largest absolute Gasteiger partial charge is 0.380 e. The number of anilines is 1. The SMILES string of the molecule is Ic1cccc2c1/C(=C/c1ccc[nH]1)CN2. The average molecular weight is 322 g/mol. The zero-order chi connectivity index (χ0) is 11.0. The lowest BCUT2D eigenvalue weighted by atomic mass is 10.1. The summed E-state index contributed by atoms with van der Waals surface area (Å²) in [6.07, 6.45) is 4.16. The first-order chi connectivity index (χ1) is 7.84. The minimum atomic E-state index is 0.911. The van der Waals surface area contributed by atoms with Gasteiger partial charge in [0.25, 0.3) is 0 Å². The number of aromatic nitrogens is 1. The predicted octanol–water partition coefficient (Wildman–Crippen LogP) is 3.59. The first kappa shape index (κ1) is 9.96. The summed E-state index contributed by atoms with van der Waals surface area (Å²) < 4.78 is 1.30. The van der Waals surface area contributed by atoms with Crippen LogP contribution in [0.2, 0.25) is 0 Å². The van der Waals surface area contributed by atoms with E-state index < -0.39 is 0 Å². The van der Waals surface area contributed by atoms with Gasteiger partial charge in [-0.2, -0.15) is 0 Å². The van der Waals surface area contributed by atoms with Crippen LogP contribution >= 0.6 is 22.6 Å². The molecule has 0 saturated carbocycles. The molecule has 0 unspecified atom stereocenters. The number of fused-ring (bicyclic) bond motifs is 1. The van der Waals surface area contributed by atoms with Gasteiger partial charge in [-0.25, -0.2) is 0 Å². The highest BCUT2D eigenvalue weighted by molar-refractivity contribution is 14.1. The van der Waals surface area contributed by atoms with Gasteiger partial charge in [-0.1, -0.05) is 6.07 Å². The van der Waals surface area contributed by atoms with Crippen molar-refractivity contribution < 1.29 is 0 Å². The number of hydrogen-bond donors (Lipinski definition) is 2. The van der Waals surface area contributed by atoms with Crippen molar-refractivity contribution in [3.05, 3.63) is 51.4 Å². The zero-order valence-corrected chi connectivity index (χ0v) is 10.8. The maximum absolute atomic E-state index is 3.42. The molecule has 2 N–H and O–H groups in total. The van der Waals surface area contributed by atoms with Crippen LogP contribution in [0.5, 0.6) is 0 Å². The lowest BCUT2D eigenvalue weighted by Gasteiger charge is -2.02. The average Bonchev–Trinajstić information content (AvgIpc) is 2.90. The van der Waals surface area contributed by atoms with Crippen molar-refractivity contribution in [1.82, 2.24) is 4.98 Å². The van der Waals surface area contributed by atoms with Gasteiger partial charge in [-0.3, -0.25) is 0 Å². The van der Waals surface area contributed by atoms with Crippen molar-refractivity contribution in [2.24, 2.45) is 0 Å². The van der Waals surface area contributed by atoms with Crippen LogP contribution in [0.15, 0.2) is 36.5 Å². The fourth-order valence-corrected chi connectivity index (χ4v) is 2.87. The first-order valence-electron chi connectivity index (χ1n) is 5.21. The van der Waals surface area contributed by atoms with Crippen LogP contribution in [0, 0.1) is 3.57 Å². The van der Waals surface area contributed by atoms with Crippen molar-refractivity contribution in [2.75, 3.05) is 11.9 Å². The third kappa shape index (κ3) is 1.65. The Morgan fingerprint density at radius 2 is 2.12 bits per heavy atom. The Kier molecular flexibility index (Phi) is 2.47. The molecule has 2 heterocycles. The van der Waals surface area contributed by atoms with Crippen LogP contribution in [0.4, 0.5) is 5.69 Å². The molecule has 0 aliphatic carbocycles. The molecule has 2 nitrogen and oxygen atoms in total. The monoisotopic (exact) mass is 322 g/mol. The van der Waals surface area contributed by atoms with E-state index in [1.807, 2.05) is 12.3 Å². The fraction of sp³-hybridized carbons (Fsp3) is 0.0769. The van der Waals surface area contributed by atoms with Crippen molar-refractivity contribution in [2.45, 2.75) is 0 Å². The minimum absolute atomic E-state index is 0.911. The van der Waals surface area contributed by atoms with Crippen LogP contribution in [-0.2, 0) is 0 Å². The summed E-state index contributed by atoms with van der Waals surface area (Å²) in [6, 6.07) is 10.5. The molecule has 0 spiro atoms. The van der Waals surface area contributed by atoms with Crippen LogP contribution in [0.1, 0.15) is 11.3 Å². The predicted molar refractivity (Wildman–Crippen MR) is 76.3 cm³/mol. The number of hydrogen-bond acceptors (Lipinski definition) is 1. The van der Waals surface area contributed by atoms with E-state index in [1.54, 1.807) is 0 Å². The Morgan fingerprint density at radius 1 is 1.19 bits per heavy atom. The van der Waals surface area contributed by atoms with Crippen LogP contribution in [0.3, 0.4) is 0 Å². The van der Waals surface area contributed by atoms with E-state index in [9.17, 15) is 0 Å². The highest BCUT2D eigenvalue weighted by atomic mass is 127. The molecular formula is C13H11IN2. The second-order valence-electron chi connectivity index (χ2n) is 3.81. The third-order valence-corrected chi connectivity index (χ3v) is 3.65. The molecule has 1 aliphatic rings. The van der Waals surface area contributed by atoms with Crippen LogP contribution in [0.25, 0.3) is 11.6 Å². The van der Waals surface area contributed by atoms with E-state index in [1.165, 1.54) is 20.4 Å². The third-order valence-electron chi connectivity index (χ3n) is 2.76. The first-order valence-corrected chi connectivity index (χ1v) is 6.29. The van der Waals surface area contributed by atoms with E-state index in [4.69, 9.17) is 0 Å². The lowest BCUT2D eigenvalue weighted by molar-refractivity contribution is 1.37. The normalized spacial score (nSPS) is 16.2. The standard InChI is InChI=1S/C13H11IN2/c14-11-4-1-5-12-13(11)9(8-16-12)7-10-3-2-6-15-10/h1-7,15-16H,8H2/b9-7+. The van der Waals surface area contributed by atoms with Gasteiger partial charge in [0.1, 0.15) is 0 Å². The van der Waals surface area contributed by atoms with Gasteiger partial charge in [0.2, 0.25) is 0 Å². The molecule has 1 aromatic carbocycles. The number of H-pyrrole nitrogens is 1. The number of nitrogens with one attached hydrogen (secondary N) is 2. The fourth-order valence-electron chi connectivity index (χ4n) is 2.02. The Morgan fingerprint density at radius 3 is 2.94 bits per heavy atom. The zero-order valence-electron chi connectivity index (χ0n) is 8.63. The van der Waals surface area contributed by atoms with Gasteiger partial charge in [0.15, 0.2) is 0 Å². The molecular weight excluding hydrogens is 311 g/mol. The molecule has 0 amide bonds.